The molecular formula is C25H31N5. The van der Waals surface area contributed by atoms with Crippen LogP contribution < -0.4 is 4.90 Å². The molecule has 0 unspecified atom stereocenters. The molecule has 3 heterocycles. The van der Waals surface area contributed by atoms with Gasteiger partial charge in [-0.3, -0.25) is 4.90 Å². The van der Waals surface area contributed by atoms with Crippen LogP contribution in [-0.2, 0) is 32.4 Å². The summed E-state index contributed by atoms with van der Waals surface area (Å²) in [5, 5.41) is 9.01. The molecular weight excluding hydrogens is 370 g/mol. The van der Waals surface area contributed by atoms with Gasteiger partial charge in [-0.2, -0.15) is 0 Å². The lowest BCUT2D eigenvalue weighted by Gasteiger charge is -2.21. The van der Waals surface area contributed by atoms with Crippen molar-refractivity contribution >= 4 is 5.69 Å². The summed E-state index contributed by atoms with van der Waals surface area (Å²) in [6.07, 6.45) is 5.60. The van der Waals surface area contributed by atoms with Crippen molar-refractivity contribution in [3.05, 3.63) is 77.4 Å². The van der Waals surface area contributed by atoms with Gasteiger partial charge < -0.3 is 9.47 Å². The van der Waals surface area contributed by atoms with Gasteiger partial charge in [0.1, 0.15) is 11.6 Å². The molecule has 0 saturated carbocycles. The average Bonchev–Trinajstić information content (AvgIpc) is 3.42. The summed E-state index contributed by atoms with van der Waals surface area (Å²) in [5.74, 6) is 2.27. The van der Waals surface area contributed by atoms with Crippen LogP contribution in [0.2, 0.25) is 0 Å². The molecule has 0 amide bonds. The Morgan fingerprint density at radius 3 is 2.30 bits per heavy atom. The maximum Gasteiger partial charge on any atom is 0.134 e. The number of hydrogen-bond acceptors (Lipinski definition) is 4. The van der Waals surface area contributed by atoms with Crippen molar-refractivity contribution in [2.75, 3.05) is 31.1 Å². The molecule has 3 aromatic rings. The van der Waals surface area contributed by atoms with Gasteiger partial charge in [0.05, 0.1) is 0 Å². The smallest absolute Gasteiger partial charge is 0.134 e. The number of fused-ring (bicyclic) bond motifs is 1. The quantitative estimate of drug-likeness (QED) is 0.631. The van der Waals surface area contributed by atoms with E-state index in [4.69, 9.17) is 0 Å². The first-order valence-corrected chi connectivity index (χ1v) is 11.4. The fourth-order valence-corrected chi connectivity index (χ4v) is 4.72. The maximum atomic E-state index is 4.51. The molecule has 2 aromatic carbocycles. The van der Waals surface area contributed by atoms with Gasteiger partial charge in [-0.25, -0.2) is 0 Å². The van der Waals surface area contributed by atoms with E-state index >= 15 is 0 Å². The normalized spacial score (nSPS) is 17.1. The first-order chi connectivity index (χ1) is 14.8. The molecule has 5 rings (SSSR count). The van der Waals surface area contributed by atoms with Crippen LogP contribution in [0.1, 0.15) is 35.6 Å². The minimum atomic E-state index is 0.953. The number of anilines is 1. The van der Waals surface area contributed by atoms with Gasteiger partial charge in [0.25, 0.3) is 0 Å². The molecule has 2 aliphatic rings. The zero-order chi connectivity index (χ0) is 20.2. The average molecular weight is 402 g/mol. The zero-order valence-corrected chi connectivity index (χ0v) is 17.7. The van der Waals surface area contributed by atoms with Crippen LogP contribution in [0.15, 0.2) is 54.6 Å². The summed E-state index contributed by atoms with van der Waals surface area (Å²) >= 11 is 0. The van der Waals surface area contributed by atoms with Crippen molar-refractivity contribution in [2.45, 2.75) is 45.2 Å². The molecule has 156 valence electrons. The molecule has 0 aliphatic carbocycles. The van der Waals surface area contributed by atoms with E-state index < -0.39 is 0 Å². The van der Waals surface area contributed by atoms with Gasteiger partial charge in [-0.1, -0.05) is 42.5 Å². The van der Waals surface area contributed by atoms with E-state index in [0.29, 0.717) is 0 Å². The minimum absolute atomic E-state index is 0.953. The van der Waals surface area contributed by atoms with Crippen molar-refractivity contribution in [1.82, 2.24) is 19.7 Å². The first kappa shape index (κ1) is 19.3. The van der Waals surface area contributed by atoms with E-state index in [0.717, 1.165) is 57.1 Å². The first-order valence-electron chi connectivity index (χ1n) is 11.4. The number of benzene rings is 2. The van der Waals surface area contributed by atoms with Gasteiger partial charge in [0.15, 0.2) is 0 Å². The van der Waals surface area contributed by atoms with Gasteiger partial charge in [-0.15, -0.1) is 10.2 Å². The van der Waals surface area contributed by atoms with Crippen LogP contribution in [0.3, 0.4) is 0 Å². The Morgan fingerprint density at radius 1 is 0.700 bits per heavy atom. The highest BCUT2D eigenvalue weighted by Gasteiger charge is 2.19. The summed E-state index contributed by atoms with van der Waals surface area (Å²) < 4.78 is 2.36. The Balaban J connectivity index is 1.18. The van der Waals surface area contributed by atoms with E-state index in [1.807, 2.05) is 0 Å². The molecule has 5 heteroatoms. The fraction of sp³-hybridized carbons (Fsp3) is 0.440. The van der Waals surface area contributed by atoms with Crippen molar-refractivity contribution in [2.24, 2.45) is 0 Å². The molecule has 2 aliphatic heterocycles. The summed E-state index contributed by atoms with van der Waals surface area (Å²) in [7, 11) is 0. The van der Waals surface area contributed by atoms with Crippen molar-refractivity contribution < 1.29 is 0 Å². The largest absolute Gasteiger partial charge is 0.372 e. The SMILES string of the molecule is c1ccc(CCc2nnc3n2CCN(Cc2ccc(N4CCCC4)cc2)CC3)cc1. The highest BCUT2D eigenvalue weighted by molar-refractivity contribution is 5.48. The van der Waals surface area contributed by atoms with E-state index in [9.17, 15) is 0 Å². The number of hydrogen-bond donors (Lipinski definition) is 0. The molecule has 0 radical (unpaired) electrons. The summed E-state index contributed by atoms with van der Waals surface area (Å²) in [6.45, 7) is 6.51. The van der Waals surface area contributed by atoms with Crippen LogP contribution in [0.4, 0.5) is 5.69 Å². The third-order valence-corrected chi connectivity index (χ3v) is 6.49. The predicted octanol–water partition coefficient (Wildman–Crippen LogP) is 3.72. The van der Waals surface area contributed by atoms with Gasteiger partial charge >= 0.3 is 0 Å². The Morgan fingerprint density at radius 2 is 1.50 bits per heavy atom. The standard InChI is InChI=1S/C25H31N5/c1-2-6-21(7-3-1)10-13-24-26-27-25-14-17-28(18-19-30(24)25)20-22-8-11-23(12-9-22)29-15-4-5-16-29/h1-3,6-9,11-12H,4-5,10,13-20H2. The van der Waals surface area contributed by atoms with Gasteiger partial charge in [-0.05, 0) is 42.5 Å². The van der Waals surface area contributed by atoms with Crippen molar-refractivity contribution in [1.29, 1.82) is 0 Å². The Labute approximate surface area is 179 Å². The molecule has 0 bridgehead atoms. The molecule has 0 spiro atoms. The minimum Gasteiger partial charge on any atom is -0.372 e. The van der Waals surface area contributed by atoms with Crippen LogP contribution in [0.25, 0.3) is 0 Å². The molecule has 1 aromatic heterocycles. The summed E-state index contributed by atoms with van der Waals surface area (Å²) in [5.41, 5.74) is 4.14. The van der Waals surface area contributed by atoms with Crippen LogP contribution in [-0.4, -0.2) is 45.8 Å². The lowest BCUT2D eigenvalue weighted by molar-refractivity contribution is 0.270. The molecule has 30 heavy (non-hydrogen) atoms. The highest BCUT2D eigenvalue weighted by Crippen LogP contribution is 2.21. The van der Waals surface area contributed by atoms with E-state index in [-0.39, 0.29) is 0 Å². The fourth-order valence-electron chi connectivity index (χ4n) is 4.72. The predicted molar refractivity (Wildman–Crippen MR) is 121 cm³/mol. The Hall–Kier alpha value is -2.66. The summed E-state index contributed by atoms with van der Waals surface area (Å²) in [4.78, 5) is 5.05. The van der Waals surface area contributed by atoms with Crippen LogP contribution in [0, 0.1) is 0 Å². The third kappa shape index (κ3) is 4.41. The van der Waals surface area contributed by atoms with Gasteiger partial charge in [0, 0.05) is 57.8 Å². The maximum absolute atomic E-state index is 4.51. The topological polar surface area (TPSA) is 37.2 Å². The molecule has 0 atom stereocenters. The second-order valence-electron chi connectivity index (χ2n) is 8.56. The molecule has 1 saturated heterocycles. The lowest BCUT2D eigenvalue weighted by atomic mass is 10.1. The number of aryl methyl sites for hydroxylation is 2. The van der Waals surface area contributed by atoms with Crippen LogP contribution >= 0.6 is 0 Å². The Bertz CT molecular complexity index is 941. The van der Waals surface area contributed by atoms with E-state index in [1.165, 1.54) is 42.7 Å². The summed E-state index contributed by atoms with van der Waals surface area (Å²) in [6, 6.07) is 19.9. The van der Waals surface area contributed by atoms with Crippen molar-refractivity contribution in [3.63, 3.8) is 0 Å². The number of aromatic nitrogens is 3. The van der Waals surface area contributed by atoms with Crippen LogP contribution in [0.5, 0.6) is 0 Å². The molecule has 1 fully saturated rings. The Kier molecular flexibility index (Phi) is 5.80. The number of rotatable bonds is 6. The molecule has 0 N–H and O–H groups in total. The number of nitrogens with zero attached hydrogens (tertiary/aromatic N) is 5. The highest BCUT2D eigenvalue weighted by atomic mass is 15.3. The second kappa shape index (κ2) is 9.00. The molecule has 5 nitrogen and oxygen atoms in total. The van der Waals surface area contributed by atoms with E-state index in [2.05, 4.69) is 79.2 Å². The third-order valence-electron chi connectivity index (χ3n) is 6.49. The lowest BCUT2D eigenvalue weighted by Crippen LogP contribution is -2.27. The monoisotopic (exact) mass is 401 g/mol. The second-order valence-corrected chi connectivity index (χ2v) is 8.56. The van der Waals surface area contributed by atoms with Gasteiger partial charge in [0.2, 0.25) is 0 Å². The van der Waals surface area contributed by atoms with E-state index in [1.54, 1.807) is 0 Å². The zero-order valence-electron chi connectivity index (χ0n) is 17.7. The van der Waals surface area contributed by atoms with Crippen molar-refractivity contribution in [3.8, 4) is 0 Å².